The van der Waals surface area contributed by atoms with Crippen LogP contribution in [-0.2, 0) is 13.0 Å². The Hall–Kier alpha value is -1.87. The van der Waals surface area contributed by atoms with Crippen molar-refractivity contribution in [3.05, 3.63) is 59.4 Å². The first kappa shape index (κ1) is 14.5. The number of aryl methyl sites for hydroxylation is 1. The highest BCUT2D eigenvalue weighted by molar-refractivity contribution is 5.36. The van der Waals surface area contributed by atoms with Crippen LogP contribution in [0.25, 0.3) is 0 Å². The van der Waals surface area contributed by atoms with Crippen LogP contribution in [0, 0.1) is 6.92 Å². The highest BCUT2D eigenvalue weighted by Crippen LogP contribution is 2.20. The molecule has 0 unspecified atom stereocenters. The fraction of sp³-hybridized carbons (Fsp3) is 0.353. The molecule has 0 saturated carbocycles. The minimum absolute atomic E-state index is 0.674. The van der Waals surface area contributed by atoms with Crippen LogP contribution >= 0.6 is 0 Å². The lowest BCUT2D eigenvalue weighted by molar-refractivity contribution is 0.317. The van der Waals surface area contributed by atoms with Crippen LogP contribution in [0.3, 0.4) is 0 Å². The van der Waals surface area contributed by atoms with E-state index in [9.17, 15) is 0 Å². The number of aromatic nitrogens is 1. The molecule has 0 saturated heterocycles. The molecular weight excluding hydrogens is 248 g/mol. The Kier molecular flexibility index (Phi) is 5.56. The third-order valence-electron chi connectivity index (χ3n) is 3.15. The van der Waals surface area contributed by atoms with Crippen LogP contribution in [0.2, 0.25) is 0 Å². The molecule has 3 nitrogen and oxygen atoms in total. The summed E-state index contributed by atoms with van der Waals surface area (Å²) in [6, 6.07) is 10.4. The lowest BCUT2D eigenvalue weighted by Crippen LogP contribution is -2.13. The summed E-state index contributed by atoms with van der Waals surface area (Å²) in [5.41, 5.74) is 3.68. The molecule has 0 aliphatic heterocycles. The van der Waals surface area contributed by atoms with E-state index in [4.69, 9.17) is 4.74 Å². The molecule has 1 heterocycles. The molecule has 106 valence electrons. The van der Waals surface area contributed by atoms with Crippen molar-refractivity contribution >= 4 is 0 Å². The quantitative estimate of drug-likeness (QED) is 0.839. The van der Waals surface area contributed by atoms with Gasteiger partial charge in [-0.15, -0.1) is 0 Å². The summed E-state index contributed by atoms with van der Waals surface area (Å²) in [4.78, 5) is 4.11. The van der Waals surface area contributed by atoms with E-state index >= 15 is 0 Å². The average Bonchev–Trinajstić information content (AvgIpc) is 2.48. The maximum Gasteiger partial charge on any atom is 0.123 e. The first-order valence-electron chi connectivity index (χ1n) is 7.11. The number of hydrogen-bond donors (Lipinski definition) is 1. The fourth-order valence-corrected chi connectivity index (χ4v) is 2.07. The van der Waals surface area contributed by atoms with Gasteiger partial charge in [0.25, 0.3) is 0 Å². The number of hydrogen-bond acceptors (Lipinski definition) is 3. The summed E-state index contributed by atoms with van der Waals surface area (Å²) < 4.78 is 5.93. The Bertz CT molecular complexity index is 526. The standard InChI is InChI=1S/C17H22N2O/c1-3-18-13-16-11-14(2)6-7-17(16)20-10-8-15-5-4-9-19-12-15/h4-7,9,11-12,18H,3,8,10,13H2,1-2H3. The van der Waals surface area contributed by atoms with Crippen LogP contribution in [0.5, 0.6) is 5.75 Å². The first-order chi connectivity index (χ1) is 9.79. The van der Waals surface area contributed by atoms with Gasteiger partial charge in [-0.3, -0.25) is 4.98 Å². The zero-order valence-electron chi connectivity index (χ0n) is 12.2. The highest BCUT2D eigenvalue weighted by Gasteiger charge is 2.04. The summed E-state index contributed by atoms with van der Waals surface area (Å²) in [6.07, 6.45) is 4.55. The van der Waals surface area contributed by atoms with E-state index in [1.807, 2.05) is 12.3 Å². The Morgan fingerprint density at radius 1 is 1.25 bits per heavy atom. The van der Waals surface area contributed by atoms with Gasteiger partial charge in [0.1, 0.15) is 5.75 Å². The average molecular weight is 270 g/mol. The van der Waals surface area contributed by atoms with Crippen LogP contribution in [0.1, 0.15) is 23.6 Å². The van der Waals surface area contributed by atoms with Gasteiger partial charge in [0, 0.05) is 30.9 Å². The van der Waals surface area contributed by atoms with E-state index in [0.29, 0.717) is 6.61 Å². The van der Waals surface area contributed by atoms with Crippen LogP contribution in [-0.4, -0.2) is 18.1 Å². The molecule has 0 bridgehead atoms. The van der Waals surface area contributed by atoms with Crippen molar-refractivity contribution < 1.29 is 4.74 Å². The van der Waals surface area contributed by atoms with Crippen molar-refractivity contribution in [1.29, 1.82) is 0 Å². The molecule has 3 heteroatoms. The minimum Gasteiger partial charge on any atom is -0.493 e. The second-order valence-electron chi connectivity index (χ2n) is 4.85. The number of nitrogens with one attached hydrogen (secondary N) is 1. The molecule has 2 rings (SSSR count). The van der Waals surface area contributed by atoms with Gasteiger partial charge in [0.05, 0.1) is 6.61 Å². The molecule has 0 atom stereocenters. The third kappa shape index (κ3) is 4.35. The van der Waals surface area contributed by atoms with Crippen molar-refractivity contribution in [3.8, 4) is 5.75 Å². The Morgan fingerprint density at radius 3 is 2.90 bits per heavy atom. The SMILES string of the molecule is CCNCc1cc(C)ccc1OCCc1cccnc1. The summed E-state index contributed by atoms with van der Waals surface area (Å²) in [5.74, 6) is 0.973. The van der Waals surface area contributed by atoms with E-state index in [1.165, 1.54) is 16.7 Å². The molecule has 0 radical (unpaired) electrons. The topological polar surface area (TPSA) is 34.1 Å². The lowest BCUT2D eigenvalue weighted by atomic mass is 10.1. The molecule has 0 amide bonds. The summed E-state index contributed by atoms with van der Waals surface area (Å²) in [5, 5.41) is 3.35. The molecule has 0 aliphatic carbocycles. The smallest absolute Gasteiger partial charge is 0.123 e. The van der Waals surface area contributed by atoms with Crippen molar-refractivity contribution in [2.24, 2.45) is 0 Å². The van der Waals surface area contributed by atoms with Gasteiger partial charge < -0.3 is 10.1 Å². The molecule has 1 aromatic carbocycles. The first-order valence-corrected chi connectivity index (χ1v) is 7.11. The predicted octanol–water partition coefficient (Wildman–Crippen LogP) is 3.12. The normalized spacial score (nSPS) is 10.5. The van der Waals surface area contributed by atoms with E-state index in [1.54, 1.807) is 6.20 Å². The number of rotatable bonds is 7. The van der Waals surface area contributed by atoms with Gasteiger partial charge in [0.2, 0.25) is 0 Å². The zero-order valence-corrected chi connectivity index (χ0v) is 12.2. The Morgan fingerprint density at radius 2 is 2.15 bits per heavy atom. The maximum atomic E-state index is 5.93. The highest BCUT2D eigenvalue weighted by atomic mass is 16.5. The second-order valence-corrected chi connectivity index (χ2v) is 4.85. The van der Waals surface area contributed by atoms with Gasteiger partial charge >= 0.3 is 0 Å². The number of nitrogens with zero attached hydrogens (tertiary/aromatic N) is 1. The van der Waals surface area contributed by atoms with E-state index < -0.39 is 0 Å². The molecule has 0 fully saturated rings. The predicted molar refractivity (Wildman–Crippen MR) is 82.0 cm³/mol. The minimum atomic E-state index is 0.674. The van der Waals surface area contributed by atoms with Gasteiger partial charge in [-0.1, -0.05) is 30.7 Å². The van der Waals surface area contributed by atoms with Crippen LogP contribution in [0.15, 0.2) is 42.7 Å². The molecule has 20 heavy (non-hydrogen) atoms. The summed E-state index contributed by atoms with van der Waals surface area (Å²) >= 11 is 0. The maximum absolute atomic E-state index is 5.93. The Labute approximate surface area is 121 Å². The van der Waals surface area contributed by atoms with Gasteiger partial charge in [-0.05, 0) is 31.2 Å². The number of ether oxygens (including phenoxy) is 1. The van der Waals surface area contributed by atoms with Crippen LogP contribution in [0.4, 0.5) is 0 Å². The zero-order chi connectivity index (χ0) is 14.2. The van der Waals surface area contributed by atoms with Crippen molar-refractivity contribution in [2.45, 2.75) is 26.8 Å². The molecule has 1 N–H and O–H groups in total. The van der Waals surface area contributed by atoms with Crippen LogP contribution < -0.4 is 10.1 Å². The molecule has 2 aromatic rings. The fourth-order valence-electron chi connectivity index (χ4n) is 2.07. The largest absolute Gasteiger partial charge is 0.493 e. The number of pyridine rings is 1. The van der Waals surface area contributed by atoms with Gasteiger partial charge in [-0.25, -0.2) is 0 Å². The van der Waals surface area contributed by atoms with Crippen molar-refractivity contribution in [3.63, 3.8) is 0 Å². The van der Waals surface area contributed by atoms with E-state index in [0.717, 1.165) is 25.3 Å². The molecular formula is C17H22N2O. The molecule has 1 aromatic heterocycles. The Balaban J connectivity index is 1.94. The summed E-state index contributed by atoms with van der Waals surface area (Å²) in [7, 11) is 0. The molecule has 0 spiro atoms. The van der Waals surface area contributed by atoms with E-state index in [2.05, 4.69) is 48.4 Å². The second kappa shape index (κ2) is 7.65. The van der Waals surface area contributed by atoms with Crippen molar-refractivity contribution in [1.82, 2.24) is 10.3 Å². The van der Waals surface area contributed by atoms with Gasteiger partial charge in [0.15, 0.2) is 0 Å². The summed E-state index contributed by atoms with van der Waals surface area (Å²) in [6.45, 7) is 6.70. The van der Waals surface area contributed by atoms with E-state index in [-0.39, 0.29) is 0 Å². The molecule has 0 aliphatic rings. The van der Waals surface area contributed by atoms with Crippen molar-refractivity contribution in [2.75, 3.05) is 13.2 Å². The number of benzene rings is 1. The van der Waals surface area contributed by atoms with Gasteiger partial charge in [-0.2, -0.15) is 0 Å². The lowest BCUT2D eigenvalue weighted by Gasteiger charge is -2.12. The third-order valence-corrected chi connectivity index (χ3v) is 3.15. The monoisotopic (exact) mass is 270 g/mol.